The summed E-state index contributed by atoms with van der Waals surface area (Å²) in [6.07, 6.45) is 7.21. The van der Waals surface area contributed by atoms with Crippen molar-refractivity contribution >= 4 is 30.4 Å². The topological polar surface area (TPSA) is 14.1 Å². The Bertz CT molecular complexity index is 507. The van der Waals surface area contributed by atoms with E-state index in [0.29, 0.717) is 12.1 Å². The summed E-state index contributed by atoms with van der Waals surface area (Å²) in [6.45, 7) is 15.0. The van der Waals surface area contributed by atoms with Gasteiger partial charge in [-0.2, -0.15) is 11.8 Å². The third kappa shape index (κ3) is 5.40. The average Bonchev–Trinajstić information content (AvgIpc) is 3.08. The van der Waals surface area contributed by atoms with Gasteiger partial charge >= 0.3 is 35.6 Å². The molecular formula is C24H43Cl2NSTi-2. The Morgan fingerprint density at radius 2 is 1.52 bits per heavy atom. The number of halogens is 2. The second-order valence-electron chi connectivity index (χ2n) is 10.5. The van der Waals surface area contributed by atoms with Gasteiger partial charge in [-0.15, -0.1) is 12.1 Å². The van der Waals surface area contributed by atoms with Gasteiger partial charge in [0.05, 0.1) is 0 Å². The predicted octanol–water partition coefficient (Wildman–Crippen LogP) is 8.45. The molecule has 170 valence electrons. The molecule has 0 aromatic carbocycles. The van der Waals surface area contributed by atoms with Gasteiger partial charge in [0.15, 0.2) is 0 Å². The number of piperidine rings is 1. The van der Waals surface area contributed by atoms with Crippen LogP contribution in [-0.4, -0.2) is 22.6 Å². The number of thioether (sulfide) groups is 1. The molecule has 4 aliphatic rings. The van der Waals surface area contributed by atoms with E-state index in [9.17, 15) is 0 Å². The molecule has 0 amide bonds. The Kier molecular flexibility index (Phi) is 10.8. The maximum atomic E-state index is 5.53. The number of hydrogen-bond acceptors (Lipinski definition) is 1. The van der Waals surface area contributed by atoms with E-state index in [1.54, 1.807) is 0 Å². The fourth-order valence-corrected chi connectivity index (χ4v) is 9.53. The molecule has 0 radical (unpaired) electrons. The van der Waals surface area contributed by atoms with Crippen molar-refractivity contribution in [3.8, 4) is 0 Å². The Hall–Kier alpha value is 1.60. The second kappa shape index (κ2) is 11.6. The second-order valence-corrected chi connectivity index (χ2v) is 14.6. The van der Waals surface area contributed by atoms with Crippen LogP contribution in [0.1, 0.15) is 73.6 Å². The maximum absolute atomic E-state index is 5.53. The summed E-state index contributed by atoms with van der Waals surface area (Å²) in [6, 6.07) is 1.33. The van der Waals surface area contributed by atoms with Crippen molar-refractivity contribution in [2.75, 3.05) is 0 Å². The van der Waals surface area contributed by atoms with E-state index in [1.165, 1.54) is 32.1 Å². The number of nitrogens with zero attached hydrogens (tertiary/aromatic N) is 1. The molecule has 2 aliphatic heterocycles. The molecule has 0 N–H and O–H groups in total. The van der Waals surface area contributed by atoms with Gasteiger partial charge in [0.25, 0.3) is 0 Å². The number of fused-ring (bicyclic) bond motifs is 2. The minimum atomic E-state index is -0.556. The molecule has 11 unspecified atom stereocenters. The first-order valence-electron chi connectivity index (χ1n) is 11.6. The van der Waals surface area contributed by atoms with Crippen molar-refractivity contribution < 1.29 is 17.0 Å². The van der Waals surface area contributed by atoms with Crippen molar-refractivity contribution in [1.82, 2.24) is 0 Å². The number of hydrogen-bond donors (Lipinski definition) is 0. The third-order valence-electron chi connectivity index (χ3n) is 9.02. The molecule has 4 rings (SSSR count). The zero-order valence-corrected chi connectivity index (χ0v) is 23.5. The summed E-state index contributed by atoms with van der Waals surface area (Å²) in [5.74, 6) is 7.14. The van der Waals surface area contributed by atoms with E-state index in [-0.39, 0.29) is 7.43 Å². The fourth-order valence-electron chi connectivity index (χ4n) is 7.29. The molecule has 29 heavy (non-hydrogen) atoms. The Morgan fingerprint density at radius 3 is 2.14 bits per heavy atom. The Morgan fingerprint density at radius 1 is 0.897 bits per heavy atom. The van der Waals surface area contributed by atoms with Crippen LogP contribution >= 0.6 is 30.4 Å². The van der Waals surface area contributed by atoms with Crippen molar-refractivity contribution in [1.29, 1.82) is 0 Å². The molecule has 1 nitrogen and oxygen atoms in total. The van der Waals surface area contributed by atoms with Crippen LogP contribution in [-0.2, 0) is 17.0 Å². The van der Waals surface area contributed by atoms with Gasteiger partial charge in [-0.25, -0.2) is 0 Å². The normalized spacial score (nSPS) is 48.8. The van der Waals surface area contributed by atoms with E-state index >= 15 is 0 Å². The zero-order chi connectivity index (χ0) is 20.6. The molecule has 11 atom stereocenters. The van der Waals surface area contributed by atoms with Crippen LogP contribution in [0, 0.1) is 54.8 Å². The molecule has 2 saturated heterocycles. The van der Waals surface area contributed by atoms with E-state index < -0.39 is 17.0 Å². The minimum absolute atomic E-state index is 0. The van der Waals surface area contributed by atoms with Crippen LogP contribution in [0.4, 0.5) is 0 Å². The van der Waals surface area contributed by atoms with Gasteiger partial charge in [-0.1, -0.05) is 91.4 Å². The molecule has 2 aliphatic carbocycles. The van der Waals surface area contributed by atoms with Crippen LogP contribution in [0.5, 0.6) is 0 Å². The zero-order valence-electron chi connectivity index (χ0n) is 19.6. The molecule has 2 saturated carbocycles. The van der Waals surface area contributed by atoms with Gasteiger partial charge in [-0.3, -0.25) is 0 Å². The van der Waals surface area contributed by atoms with Gasteiger partial charge in [0, 0.05) is 10.5 Å². The predicted molar refractivity (Wildman–Crippen MR) is 129 cm³/mol. The molecular weight excluding hydrogens is 453 g/mol. The summed E-state index contributed by atoms with van der Waals surface area (Å²) >= 11 is 1.80. The van der Waals surface area contributed by atoms with E-state index in [1.807, 2.05) is 0 Å². The quantitative estimate of drug-likeness (QED) is 0.276. The van der Waals surface area contributed by atoms with Crippen LogP contribution < -0.4 is 0 Å². The first-order valence-corrected chi connectivity index (χ1v) is 16.9. The Balaban J connectivity index is 0.000000708. The summed E-state index contributed by atoms with van der Waals surface area (Å²) in [5.41, 5.74) is 0. The molecule has 0 aromatic heterocycles. The SMILES string of the molecule is CC(C)C1CCC2CCCC(C3C(C)C(C)C4C(C)C(C)SC43)C2[N-]1.[CH3-].[Cl][Ti][Cl]. The van der Waals surface area contributed by atoms with Crippen LogP contribution in [0.3, 0.4) is 0 Å². The van der Waals surface area contributed by atoms with Crippen molar-refractivity contribution in [3.05, 3.63) is 12.7 Å². The van der Waals surface area contributed by atoms with Crippen LogP contribution in [0.15, 0.2) is 0 Å². The van der Waals surface area contributed by atoms with E-state index in [4.69, 9.17) is 23.9 Å². The Labute approximate surface area is 202 Å². The third-order valence-corrected chi connectivity index (χ3v) is 10.8. The van der Waals surface area contributed by atoms with Crippen molar-refractivity contribution in [2.24, 2.45) is 47.3 Å². The summed E-state index contributed by atoms with van der Waals surface area (Å²) in [5, 5.41) is 7.32. The fraction of sp³-hybridized carbons (Fsp3) is 0.958. The first kappa shape index (κ1) is 26.9. The van der Waals surface area contributed by atoms with Crippen LogP contribution in [0.2, 0.25) is 0 Å². The van der Waals surface area contributed by atoms with Gasteiger partial charge in [0.1, 0.15) is 0 Å². The molecule has 0 bridgehead atoms. The average molecular weight is 496 g/mol. The molecule has 5 heteroatoms. The van der Waals surface area contributed by atoms with Gasteiger partial charge < -0.3 is 12.7 Å². The van der Waals surface area contributed by atoms with Gasteiger partial charge in [0.2, 0.25) is 0 Å². The standard InChI is InChI=1S/C23H40NS.CH3.2ClH.Ti/c1-12(2)19-11-10-17-8-7-9-18(22(17)24-19)21-14(4)13(3)20-15(5)16(6)25-23(20)21;;;;/h12-23H,7-11H2,1-6H3;1H3;2*1H;/q2*-1;;;+2/p-2. The van der Waals surface area contributed by atoms with E-state index in [2.05, 4.69) is 53.3 Å². The van der Waals surface area contributed by atoms with Crippen molar-refractivity contribution in [3.63, 3.8) is 0 Å². The monoisotopic (exact) mass is 495 g/mol. The summed E-state index contributed by atoms with van der Waals surface area (Å²) < 4.78 is 0. The molecule has 0 aromatic rings. The number of rotatable bonds is 2. The van der Waals surface area contributed by atoms with Crippen molar-refractivity contribution in [2.45, 2.75) is 96.2 Å². The van der Waals surface area contributed by atoms with Gasteiger partial charge in [-0.05, 0) is 29.6 Å². The summed E-state index contributed by atoms with van der Waals surface area (Å²) in [7, 11) is 9.78. The van der Waals surface area contributed by atoms with E-state index in [0.717, 1.165) is 57.8 Å². The molecule has 0 spiro atoms. The molecule has 4 fully saturated rings. The first-order chi connectivity index (χ1) is 13.3. The molecule has 2 heterocycles. The summed E-state index contributed by atoms with van der Waals surface area (Å²) in [4.78, 5) is 0. The van der Waals surface area contributed by atoms with Crippen LogP contribution in [0.25, 0.3) is 5.32 Å².